The van der Waals surface area contributed by atoms with E-state index in [-0.39, 0.29) is 11.7 Å². The van der Waals surface area contributed by atoms with Crippen LogP contribution in [0.5, 0.6) is 5.75 Å². The molecule has 0 heterocycles. The van der Waals surface area contributed by atoms with Gasteiger partial charge in [-0.15, -0.1) is 11.8 Å². The van der Waals surface area contributed by atoms with E-state index < -0.39 is 0 Å². The summed E-state index contributed by atoms with van der Waals surface area (Å²) in [5.41, 5.74) is 0.977. The summed E-state index contributed by atoms with van der Waals surface area (Å²) in [5.74, 6) is 1.02. The lowest BCUT2D eigenvalue weighted by Crippen LogP contribution is -2.21. The monoisotopic (exact) mass is 304 g/mol. The van der Waals surface area contributed by atoms with Gasteiger partial charge in [-0.2, -0.15) is 0 Å². The van der Waals surface area contributed by atoms with Crippen LogP contribution >= 0.6 is 11.8 Å². The highest BCUT2D eigenvalue weighted by Crippen LogP contribution is 2.39. The minimum atomic E-state index is 0.0941. The second kappa shape index (κ2) is 6.72. The molecule has 0 aliphatic rings. The molecule has 0 atom stereocenters. The van der Waals surface area contributed by atoms with Crippen molar-refractivity contribution in [1.29, 1.82) is 0 Å². The van der Waals surface area contributed by atoms with Crippen LogP contribution in [0.2, 0.25) is 0 Å². The molecule has 0 saturated carbocycles. The van der Waals surface area contributed by atoms with Crippen molar-refractivity contribution in [1.82, 2.24) is 4.90 Å². The van der Waals surface area contributed by atoms with Gasteiger partial charge in [0.15, 0.2) is 0 Å². The largest absolute Gasteiger partial charge is 0.506 e. The molecular weight excluding hydrogens is 284 g/mol. The van der Waals surface area contributed by atoms with E-state index in [0.29, 0.717) is 12.2 Å². The zero-order valence-corrected chi connectivity index (χ0v) is 13.3. The number of rotatable bonds is 5. The molecule has 1 amide bonds. The lowest BCUT2D eigenvalue weighted by atomic mass is 10.1. The number of carbonyl (C=O) groups excluding carboxylic acids is 1. The predicted molar refractivity (Wildman–Crippen MR) is 89.2 cm³/mol. The number of aromatic hydroxyl groups is 1. The molecule has 0 saturated heterocycles. The number of thioether (sulfide) groups is 1. The fourth-order valence-electron chi connectivity index (χ4n) is 2.12. The SMILES string of the molecule is CNc1cc(SCCC(=O)N(C)C)c(O)c2ccccc12. The quantitative estimate of drug-likeness (QED) is 0.658. The Hall–Kier alpha value is -1.88. The second-order valence-electron chi connectivity index (χ2n) is 4.95. The normalized spacial score (nSPS) is 10.6. The predicted octanol–water partition coefficient (Wildman–Crippen LogP) is 3.16. The number of anilines is 1. The van der Waals surface area contributed by atoms with Gasteiger partial charge in [-0.05, 0) is 6.07 Å². The molecule has 0 radical (unpaired) electrons. The molecule has 2 aromatic carbocycles. The molecule has 0 aromatic heterocycles. The highest BCUT2D eigenvalue weighted by molar-refractivity contribution is 7.99. The minimum absolute atomic E-state index is 0.0941. The number of nitrogens with one attached hydrogen (secondary N) is 1. The Labute approximate surface area is 129 Å². The van der Waals surface area contributed by atoms with Crippen LogP contribution in [-0.4, -0.2) is 42.8 Å². The maximum absolute atomic E-state index is 11.6. The Bertz CT molecular complexity index is 656. The van der Waals surface area contributed by atoms with E-state index in [2.05, 4.69) is 5.32 Å². The van der Waals surface area contributed by atoms with Crippen molar-refractivity contribution in [3.63, 3.8) is 0 Å². The number of phenols is 1. The van der Waals surface area contributed by atoms with Crippen molar-refractivity contribution in [2.24, 2.45) is 0 Å². The Morgan fingerprint density at radius 3 is 2.57 bits per heavy atom. The first-order valence-corrected chi connectivity index (χ1v) is 7.78. The van der Waals surface area contributed by atoms with Gasteiger partial charge in [0, 0.05) is 49.8 Å². The molecule has 2 rings (SSSR count). The summed E-state index contributed by atoms with van der Waals surface area (Å²) in [4.78, 5) is 14.0. The number of benzene rings is 2. The van der Waals surface area contributed by atoms with Crippen LogP contribution < -0.4 is 5.32 Å². The summed E-state index contributed by atoms with van der Waals surface area (Å²) in [6.45, 7) is 0. The number of amides is 1. The van der Waals surface area contributed by atoms with Crippen molar-refractivity contribution in [3.8, 4) is 5.75 Å². The van der Waals surface area contributed by atoms with Crippen molar-refractivity contribution in [2.75, 3.05) is 32.2 Å². The fourth-order valence-corrected chi connectivity index (χ4v) is 3.07. The highest BCUT2D eigenvalue weighted by Gasteiger charge is 2.12. The molecule has 0 aliphatic heterocycles. The van der Waals surface area contributed by atoms with Gasteiger partial charge in [-0.25, -0.2) is 0 Å². The molecule has 0 unspecified atom stereocenters. The number of carbonyl (C=O) groups is 1. The lowest BCUT2D eigenvalue weighted by Gasteiger charge is -2.13. The third-order valence-electron chi connectivity index (χ3n) is 3.32. The first-order valence-electron chi connectivity index (χ1n) is 6.80. The fraction of sp³-hybridized carbons (Fsp3) is 0.312. The number of hydrogen-bond donors (Lipinski definition) is 2. The Morgan fingerprint density at radius 2 is 1.95 bits per heavy atom. The van der Waals surface area contributed by atoms with Crippen LogP contribution in [0.15, 0.2) is 35.2 Å². The van der Waals surface area contributed by atoms with E-state index in [0.717, 1.165) is 21.4 Å². The van der Waals surface area contributed by atoms with Gasteiger partial charge in [0.1, 0.15) is 5.75 Å². The maximum atomic E-state index is 11.6. The second-order valence-corrected chi connectivity index (χ2v) is 6.09. The van der Waals surface area contributed by atoms with E-state index in [1.165, 1.54) is 11.8 Å². The topological polar surface area (TPSA) is 52.6 Å². The molecule has 0 spiro atoms. The van der Waals surface area contributed by atoms with Crippen molar-refractivity contribution in [2.45, 2.75) is 11.3 Å². The van der Waals surface area contributed by atoms with Crippen molar-refractivity contribution >= 4 is 34.1 Å². The van der Waals surface area contributed by atoms with E-state index >= 15 is 0 Å². The van der Waals surface area contributed by atoms with Crippen LogP contribution in [0.1, 0.15) is 6.42 Å². The van der Waals surface area contributed by atoms with Crippen LogP contribution in [0.4, 0.5) is 5.69 Å². The van der Waals surface area contributed by atoms with Crippen LogP contribution in [0, 0.1) is 0 Å². The Balaban J connectivity index is 2.24. The average Bonchev–Trinajstić information content (AvgIpc) is 2.49. The molecule has 2 N–H and O–H groups in total. The van der Waals surface area contributed by atoms with Gasteiger partial charge >= 0.3 is 0 Å². The van der Waals surface area contributed by atoms with Gasteiger partial charge in [-0.1, -0.05) is 24.3 Å². The standard InChI is InChI=1S/C16H20N2O2S/c1-17-13-10-14(21-9-8-15(19)18(2)3)16(20)12-7-5-4-6-11(12)13/h4-7,10,17,20H,8-9H2,1-3H3. The molecule has 0 aliphatic carbocycles. The molecule has 5 heteroatoms. The minimum Gasteiger partial charge on any atom is -0.506 e. The summed E-state index contributed by atoms with van der Waals surface area (Å²) in [6.07, 6.45) is 0.457. The van der Waals surface area contributed by atoms with Gasteiger partial charge in [0.2, 0.25) is 5.91 Å². The summed E-state index contributed by atoms with van der Waals surface area (Å²) in [7, 11) is 5.36. The first-order chi connectivity index (χ1) is 10.0. The average molecular weight is 304 g/mol. The van der Waals surface area contributed by atoms with Gasteiger partial charge in [-0.3, -0.25) is 4.79 Å². The van der Waals surface area contributed by atoms with Crippen LogP contribution in [-0.2, 0) is 4.79 Å². The van der Waals surface area contributed by atoms with Gasteiger partial charge < -0.3 is 15.3 Å². The molecular formula is C16H20N2O2S. The van der Waals surface area contributed by atoms with Crippen molar-refractivity contribution < 1.29 is 9.90 Å². The number of fused-ring (bicyclic) bond motifs is 1. The molecule has 4 nitrogen and oxygen atoms in total. The van der Waals surface area contributed by atoms with Crippen LogP contribution in [0.3, 0.4) is 0 Å². The number of nitrogens with zero attached hydrogens (tertiary/aromatic N) is 1. The molecule has 2 aromatic rings. The summed E-state index contributed by atoms with van der Waals surface area (Å²) < 4.78 is 0. The first kappa shape index (κ1) is 15.5. The van der Waals surface area contributed by atoms with Gasteiger partial charge in [0.05, 0.1) is 4.90 Å². The van der Waals surface area contributed by atoms with E-state index in [1.54, 1.807) is 19.0 Å². The molecule has 112 valence electrons. The molecule has 0 fully saturated rings. The van der Waals surface area contributed by atoms with E-state index in [4.69, 9.17) is 0 Å². The van der Waals surface area contributed by atoms with Crippen LogP contribution in [0.25, 0.3) is 10.8 Å². The zero-order chi connectivity index (χ0) is 15.4. The van der Waals surface area contributed by atoms with E-state index in [9.17, 15) is 9.90 Å². The highest BCUT2D eigenvalue weighted by atomic mass is 32.2. The smallest absolute Gasteiger partial charge is 0.222 e. The van der Waals surface area contributed by atoms with Crippen molar-refractivity contribution in [3.05, 3.63) is 30.3 Å². The lowest BCUT2D eigenvalue weighted by molar-refractivity contribution is -0.128. The maximum Gasteiger partial charge on any atom is 0.222 e. The third kappa shape index (κ3) is 3.42. The summed E-state index contributed by atoms with van der Waals surface area (Å²) in [6, 6.07) is 9.67. The Morgan fingerprint density at radius 1 is 1.29 bits per heavy atom. The molecule has 0 bridgehead atoms. The summed E-state index contributed by atoms with van der Waals surface area (Å²) in [5, 5.41) is 15.4. The zero-order valence-electron chi connectivity index (χ0n) is 12.5. The van der Waals surface area contributed by atoms with E-state index in [1.807, 2.05) is 37.4 Å². The Kier molecular flexibility index (Phi) is 4.96. The third-order valence-corrected chi connectivity index (χ3v) is 4.35. The number of phenolic OH excluding ortho intramolecular Hbond substituents is 1. The van der Waals surface area contributed by atoms with Gasteiger partial charge in [0.25, 0.3) is 0 Å². The summed E-state index contributed by atoms with van der Waals surface area (Å²) >= 11 is 1.50. The molecule has 21 heavy (non-hydrogen) atoms. The number of hydrogen-bond acceptors (Lipinski definition) is 4.